The lowest BCUT2D eigenvalue weighted by Gasteiger charge is -2.11. The van der Waals surface area contributed by atoms with Gasteiger partial charge in [-0.1, -0.05) is 0 Å². The monoisotopic (exact) mass is 191 g/mol. The van der Waals surface area contributed by atoms with Gasteiger partial charge in [-0.2, -0.15) is 8.78 Å². The van der Waals surface area contributed by atoms with E-state index in [9.17, 15) is 13.6 Å². The molecule has 13 heavy (non-hydrogen) atoms. The summed E-state index contributed by atoms with van der Waals surface area (Å²) in [5, 5.41) is 10.7. The molecule has 1 spiro atoms. The van der Waals surface area contributed by atoms with Gasteiger partial charge in [-0.3, -0.25) is 0 Å². The highest BCUT2D eigenvalue weighted by molar-refractivity contribution is 5.75. The normalized spacial score (nSPS) is 28.9. The number of aliphatic carboxylic acids is 1. The molecule has 0 aromatic carbocycles. The summed E-state index contributed by atoms with van der Waals surface area (Å²) in [4.78, 5) is 10.0. The van der Waals surface area contributed by atoms with Crippen LogP contribution >= 0.6 is 0 Å². The molecule has 0 bridgehead atoms. The van der Waals surface area contributed by atoms with Gasteiger partial charge in [0.15, 0.2) is 0 Å². The lowest BCUT2D eigenvalue weighted by atomic mass is 10.3. The Morgan fingerprint density at radius 3 is 2.62 bits per heavy atom. The number of halogens is 2. The van der Waals surface area contributed by atoms with Gasteiger partial charge in [-0.05, 0) is 24.7 Å². The molecule has 2 N–H and O–H groups in total. The second-order valence-electron chi connectivity index (χ2n) is 4.01. The quantitative estimate of drug-likeness (QED) is 0.692. The van der Waals surface area contributed by atoms with Crippen molar-refractivity contribution in [1.29, 1.82) is 0 Å². The maximum absolute atomic E-state index is 12.5. The van der Waals surface area contributed by atoms with E-state index in [0.29, 0.717) is 0 Å². The van der Waals surface area contributed by atoms with E-state index < -0.39 is 18.4 Å². The summed E-state index contributed by atoms with van der Waals surface area (Å²) in [6, 6.07) is 0.137. The van der Waals surface area contributed by atoms with Crippen LogP contribution < -0.4 is 5.32 Å². The number of hydrogen-bond acceptors (Lipinski definition) is 2. The number of nitrogens with one attached hydrogen (secondary N) is 1. The second kappa shape index (κ2) is 2.41. The van der Waals surface area contributed by atoms with Crippen molar-refractivity contribution in [1.82, 2.24) is 5.32 Å². The number of carboxylic acid groups (broad SMARTS) is 1. The van der Waals surface area contributed by atoms with Crippen molar-refractivity contribution in [3.63, 3.8) is 0 Å². The summed E-state index contributed by atoms with van der Waals surface area (Å²) in [5.74, 6) is -5.68. The highest BCUT2D eigenvalue weighted by Gasteiger charge is 2.63. The van der Waals surface area contributed by atoms with Crippen molar-refractivity contribution in [2.75, 3.05) is 6.54 Å². The van der Waals surface area contributed by atoms with Crippen molar-refractivity contribution in [2.24, 2.45) is 5.41 Å². The molecule has 0 aromatic rings. The van der Waals surface area contributed by atoms with Gasteiger partial charge in [0, 0.05) is 6.04 Å². The summed E-state index contributed by atoms with van der Waals surface area (Å²) in [5.41, 5.74) is 0.286. The van der Waals surface area contributed by atoms with Crippen LogP contribution in [-0.4, -0.2) is 29.6 Å². The zero-order valence-electron chi connectivity index (χ0n) is 7.02. The minimum atomic E-state index is -3.63. The molecule has 2 saturated carbocycles. The Balaban J connectivity index is 1.76. The zero-order chi connectivity index (χ0) is 9.69. The molecule has 2 fully saturated rings. The van der Waals surface area contributed by atoms with Crippen molar-refractivity contribution in [2.45, 2.75) is 31.2 Å². The first-order valence-corrected chi connectivity index (χ1v) is 4.31. The standard InChI is InChI=1S/C8H11F2NO2/c9-8(10,6(12)13)4-11-5-3-7(5)1-2-7/h5,11H,1-4H2,(H,12,13). The Morgan fingerprint density at radius 1 is 1.62 bits per heavy atom. The van der Waals surface area contributed by atoms with Crippen LogP contribution in [0.15, 0.2) is 0 Å². The summed E-state index contributed by atoms with van der Waals surface area (Å²) in [6.07, 6.45) is 3.13. The molecule has 0 radical (unpaired) electrons. The van der Waals surface area contributed by atoms with Gasteiger partial charge in [0.1, 0.15) is 0 Å². The first-order chi connectivity index (χ1) is 5.96. The molecule has 2 rings (SSSR count). The maximum atomic E-state index is 12.5. The van der Waals surface area contributed by atoms with Gasteiger partial charge < -0.3 is 10.4 Å². The van der Waals surface area contributed by atoms with Crippen LogP contribution in [0, 0.1) is 5.41 Å². The van der Waals surface area contributed by atoms with Crippen LogP contribution in [-0.2, 0) is 4.79 Å². The molecular formula is C8H11F2NO2. The van der Waals surface area contributed by atoms with Crippen molar-refractivity contribution >= 4 is 5.97 Å². The van der Waals surface area contributed by atoms with Crippen LogP contribution in [0.2, 0.25) is 0 Å². The highest BCUT2D eigenvalue weighted by Crippen LogP contribution is 2.65. The lowest BCUT2D eigenvalue weighted by Crippen LogP contribution is -2.41. The number of carbonyl (C=O) groups is 1. The highest BCUT2D eigenvalue weighted by atomic mass is 19.3. The predicted molar refractivity (Wildman–Crippen MR) is 40.7 cm³/mol. The molecule has 5 heteroatoms. The van der Waals surface area contributed by atoms with E-state index in [1.807, 2.05) is 0 Å². The predicted octanol–water partition coefficient (Wildman–Crippen LogP) is 0.848. The van der Waals surface area contributed by atoms with Gasteiger partial charge >= 0.3 is 11.9 Å². The molecule has 74 valence electrons. The summed E-state index contributed by atoms with van der Waals surface area (Å²) in [6.45, 7) is -0.741. The van der Waals surface area contributed by atoms with E-state index in [1.165, 1.54) is 0 Å². The Bertz CT molecular complexity index is 251. The third-order valence-corrected chi connectivity index (χ3v) is 2.97. The largest absolute Gasteiger partial charge is 0.477 e. The van der Waals surface area contributed by atoms with Crippen LogP contribution in [0.5, 0.6) is 0 Å². The average Bonchev–Trinajstić information content (AvgIpc) is 2.90. The topological polar surface area (TPSA) is 49.3 Å². The number of alkyl halides is 2. The fourth-order valence-electron chi connectivity index (χ4n) is 1.68. The van der Waals surface area contributed by atoms with Crippen molar-refractivity contribution < 1.29 is 18.7 Å². The molecule has 1 atom stereocenters. The Kier molecular flexibility index (Phi) is 1.64. The number of carboxylic acids is 1. The van der Waals surface area contributed by atoms with Crippen LogP contribution in [0.25, 0.3) is 0 Å². The van der Waals surface area contributed by atoms with Crippen molar-refractivity contribution in [3.05, 3.63) is 0 Å². The molecule has 0 saturated heterocycles. The van der Waals surface area contributed by atoms with Gasteiger partial charge in [-0.25, -0.2) is 4.79 Å². The minimum absolute atomic E-state index is 0.137. The van der Waals surface area contributed by atoms with Crippen LogP contribution in [0.4, 0.5) is 8.78 Å². The van der Waals surface area contributed by atoms with E-state index in [1.54, 1.807) is 0 Å². The molecule has 1 unspecified atom stereocenters. The van der Waals surface area contributed by atoms with E-state index >= 15 is 0 Å². The first-order valence-electron chi connectivity index (χ1n) is 4.31. The third kappa shape index (κ3) is 1.52. The number of rotatable bonds is 4. The second-order valence-corrected chi connectivity index (χ2v) is 4.01. The van der Waals surface area contributed by atoms with Crippen molar-refractivity contribution in [3.8, 4) is 0 Å². The van der Waals surface area contributed by atoms with E-state index in [2.05, 4.69) is 5.32 Å². The molecule has 3 nitrogen and oxygen atoms in total. The van der Waals surface area contributed by atoms with Gasteiger partial charge in [-0.15, -0.1) is 0 Å². The fraction of sp³-hybridized carbons (Fsp3) is 0.875. The summed E-state index contributed by atoms with van der Waals surface area (Å²) >= 11 is 0. The molecule has 2 aliphatic carbocycles. The number of hydrogen-bond donors (Lipinski definition) is 2. The molecule has 2 aliphatic rings. The summed E-state index contributed by atoms with van der Waals surface area (Å²) < 4.78 is 25.1. The Morgan fingerprint density at radius 2 is 2.23 bits per heavy atom. The van der Waals surface area contributed by atoms with Crippen LogP contribution in [0.1, 0.15) is 19.3 Å². The molecular weight excluding hydrogens is 180 g/mol. The third-order valence-electron chi connectivity index (χ3n) is 2.97. The van der Waals surface area contributed by atoms with Gasteiger partial charge in [0.25, 0.3) is 0 Å². The van der Waals surface area contributed by atoms with E-state index in [4.69, 9.17) is 5.11 Å². The molecule has 0 heterocycles. The molecule has 0 amide bonds. The summed E-state index contributed by atoms with van der Waals surface area (Å²) in [7, 11) is 0. The van der Waals surface area contributed by atoms with Gasteiger partial charge in [0.05, 0.1) is 6.54 Å². The lowest BCUT2D eigenvalue weighted by molar-refractivity contribution is -0.164. The molecule has 0 aromatic heterocycles. The Hall–Kier alpha value is -0.710. The molecule has 0 aliphatic heterocycles. The maximum Gasteiger partial charge on any atom is 0.375 e. The first kappa shape index (κ1) is 8.87. The van der Waals surface area contributed by atoms with Crippen LogP contribution in [0.3, 0.4) is 0 Å². The Labute approximate surface area is 74.1 Å². The smallest absolute Gasteiger partial charge is 0.375 e. The minimum Gasteiger partial charge on any atom is -0.477 e. The van der Waals surface area contributed by atoms with E-state index in [0.717, 1.165) is 19.3 Å². The zero-order valence-corrected chi connectivity index (χ0v) is 7.02. The SMILES string of the molecule is O=C(O)C(F)(F)CNC1CC12CC2. The average molecular weight is 191 g/mol. The fourth-order valence-corrected chi connectivity index (χ4v) is 1.68. The van der Waals surface area contributed by atoms with Gasteiger partial charge in [0.2, 0.25) is 0 Å². The van der Waals surface area contributed by atoms with E-state index in [-0.39, 0.29) is 11.5 Å².